The maximum absolute atomic E-state index is 5.41. The largest absolute Gasteiger partial charge is 0.490 e. The van der Waals surface area contributed by atoms with Crippen molar-refractivity contribution in [2.75, 3.05) is 6.61 Å². The van der Waals surface area contributed by atoms with E-state index in [1.807, 2.05) is 24.3 Å². The summed E-state index contributed by atoms with van der Waals surface area (Å²) >= 11 is 0. The molecule has 1 rings (SSSR count). The molecule has 1 N–H and O–H groups in total. The van der Waals surface area contributed by atoms with Crippen LogP contribution in [0.3, 0.4) is 0 Å². The predicted molar refractivity (Wildman–Crippen MR) is 71.9 cm³/mol. The minimum Gasteiger partial charge on any atom is -0.490 e. The molecule has 17 heavy (non-hydrogen) atoms. The first-order valence-corrected chi connectivity index (χ1v) is 5.75. The van der Waals surface area contributed by atoms with E-state index in [9.17, 15) is 0 Å². The molecular formula is C15H19NO. The van der Waals surface area contributed by atoms with E-state index in [0.717, 1.165) is 18.7 Å². The van der Waals surface area contributed by atoms with E-state index in [1.165, 1.54) is 5.56 Å². The summed E-state index contributed by atoms with van der Waals surface area (Å²) in [6.45, 7) is 7.06. The number of hydrogen-bond donors (Lipinski definition) is 1. The average Bonchev–Trinajstić information content (AvgIpc) is 2.35. The molecule has 0 bridgehead atoms. The molecule has 1 aromatic carbocycles. The number of hydrogen-bond acceptors (Lipinski definition) is 2. The second-order valence-corrected chi connectivity index (χ2v) is 3.93. The van der Waals surface area contributed by atoms with E-state index in [2.05, 4.69) is 24.7 Å². The molecule has 1 unspecified atom stereocenters. The lowest BCUT2D eigenvalue weighted by Crippen LogP contribution is -2.24. The maximum atomic E-state index is 5.41. The van der Waals surface area contributed by atoms with Gasteiger partial charge < -0.3 is 10.1 Å². The van der Waals surface area contributed by atoms with Crippen molar-refractivity contribution >= 4 is 0 Å². The van der Waals surface area contributed by atoms with E-state index in [-0.39, 0.29) is 0 Å². The first-order valence-electron chi connectivity index (χ1n) is 5.75. The lowest BCUT2D eigenvalue weighted by atomic mass is 10.2. The molecule has 0 aromatic heterocycles. The lowest BCUT2D eigenvalue weighted by molar-refractivity contribution is 0.363. The molecule has 2 nitrogen and oxygen atoms in total. The fourth-order valence-corrected chi connectivity index (χ4v) is 1.40. The van der Waals surface area contributed by atoms with Gasteiger partial charge in [-0.1, -0.05) is 24.8 Å². The highest BCUT2D eigenvalue weighted by Crippen LogP contribution is 2.12. The molecule has 0 aliphatic rings. The Balaban J connectivity index is 2.40. The average molecular weight is 229 g/mol. The molecule has 0 saturated carbocycles. The van der Waals surface area contributed by atoms with Crippen molar-refractivity contribution in [2.45, 2.75) is 25.9 Å². The van der Waals surface area contributed by atoms with Gasteiger partial charge in [0.15, 0.2) is 0 Å². The second-order valence-electron chi connectivity index (χ2n) is 3.93. The highest BCUT2D eigenvalue weighted by molar-refractivity contribution is 5.27. The van der Waals surface area contributed by atoms with Crippen LogP contribution in [0.2, 0.25) is 0 Å². The molecule has 0 radical (unpaired) electrons. The van der Waals surface area contributed by atoms with Gasteiger partial charge in [-0.2, -0.15) is 0 Å². The van der Waals surface area contributed by atoms with Gasteiger partial charge in [0.1, 0.15) is 12.4 Å². The van der Waals surface area contributed by atoms with Gasteiger partial charge in [-0.3, -0.25) is 0 Å². The Morgan fingerprint density at radius 2 is 2.18 bits per heavy atom. The topological polar surface area (TPSA) is 21.3 Å². The number of benzene rings is 1. The zero-order valence-electron chi connectivity index (χ0n) is 10.3. The van der Waals surface area contributed by atoms with Gasteiger partial charge in [0.25, 0.3) is 0 Å². The van der Waals surface area contributed by atoms with E-state index >= 15 is 0 Å². The van der Waals surface area contributed by atoms with Crippen LogP contribution < -0.4 is 10.1 Å². The smallest absolute Gasteiger partial charge is 0.119 e. The lowest BCUT2D eigenvalue weighted by Gasteiger charge is -2.11. The first-order chi connectivity index (χ1) is 8.26. The van der Waals surface area contributed by atoms with E-state index in [4.69, 9.17) is 11.2 Å². The third-order valence-corrected chi connectivity index (χ3v) is 2.37. The third kappa shape index (κ3) is 5.24. The van der Waals surface area contributed by atoms with Gasteiger partial charge in [0.2, 0.25) is 0 Å². The minimum atomic E-state index is 0.344. The Morgan fingerprint density at radius 1 is 1.47 bits per heavy atom. The number of nitrogens with one attached hydrogen (secondary N) is 1. The van der Waals surface area contributed by atoms with Gasteiger partial charge in [-0.15, -0.1) is 12.3 Å². The number of rotatable bonds is 7. The van der Waals surface area contributed by atoms with Gasteiger partial charge in [0.05, 0.1) is 0 Å². The Hall–Kier alpha value is -1.72. The minimum absolute atomic E-state index is 0.344. The molecule has 90 valence electrons. The Morgan fingerprint density at radius 3 is 2.76 bits per heavy atom. The van der Waals surface area contributed by atoms with Crippen molar-refractivity contribution in [3.8, 4) is 18.1 Å². The summed E-state index contributed by atoms with van der Waals surface area (Å²) in [4.78, 5) is 0. The zero-order valence-corrected chi connectivity index (χ0v) is 10.3. The molecule has 0 spiro atoms. The fourth-order valence-electron chi connectivity index (χ4n) is 1.40. The molecule has 0 aliphatic carbocycles. The van der Waals surface area contributed by atoms with Crippen molar-refractivity contribution in [3.63, 3.8) is 0 Å². The van der Waals surface area contributed by atoms with Crippen LogP contribution in [0.15, 0.2) is 36.9 Å². The number of terminal acetylenes is 1. The SMILES string of the molecule is C#CCC(C)NCc1ccc(OCC=C)cc1. The molecule has 0 fully saturated rings. The normalized spacial score (nSPS) is 11.5. The van der Waals surface area contributed by atoms with Crippen LogP contribution in [0.5, 0.6) is 5.75 Å². The third-order valence-electron chi connectivity index (χ3n) is 2.37. The predicted octanol–water partition coefficient (Wildman–Crippen LogP) is 2.75. The summed E-state index contributed by atoms with van der Waals surface area (Å²) in [7, 11) is 0. The Bertz CT molecular complexity index is 375. The molecule has 2 heteroatoms. The standard InChI is InChI=1S/C15H19NO/c1-4-6-13(3)16-12-14-7-9-15(10-8-14)17-11-5-2/h1,5,7-10,13,16H,2,6,11-12H2,3H3. The maximum Gasteiger partial charge on any atom is 0.119 e. The van der Waals surface area contributed by atoms with Crippen molar-refractivity contribution in [3.05, 3.63) is 42.5 Å². The van der Waals surface area contributed by atoms with Gasteiger partial charge >= 0.3 is 0 Å². The molecular weight excluding hydrogens is 210 g/mol. The van der Waals surface area contributed by atoms with Crippen molar-refractivity contribution in [2.24, 2.45) is 0 Å². The summed E-state index contributed by atoms with van der Waals surface area (Å²) in [5.41, 5.74) is 1.22. The van der Waals surface area contributed by atoms with Crippen LogP contribution in [-0.2, 0) is 6.54 Å². The molecule has 1 atom stereocenters. The molecule has 0 heterocycles. The fraction of sp³-hybridized carbons (Fsp3) is 0.333. The summed E-state index contributed by atoms with van der Waals surface area (Å²) in [6.07, 6.45) is 7.73. The summed E-state index contributed by atoms with van der Waals surface area (Å²) in [6, 6.07) is 8.37. The molecule has 0 aliphatic heterocycles. The van der Waals surface area contributed by atoms with Crippen LogP contribution in [0.4, 0.5) is 0 Å². The molecule has 0 amide bonds. The van der Waals surface area contributed by atoms with Crippen LogP contribution in [-0.4, -0.2) is 12.6 Å². The van der Waals surface area contributed by atoms with Crippen molar-refractivity contribution < 1.29 is 4.74 Å². The quantitative estimate of drug-likeness (QED) is 0.573. The van der Waals surface area contributed by atoms with E-state index < -0.39 is 0 Å². The molecule has 0 saturated heterocycles. The van der Waals surface area contributed by atoms with Gasteiger partial charge in [-0.05, 0) is 24.6 Å². The van der Waals surface area contributed by atoms with Crippen LogP contribution >= 0.6 is 0 Å². The van der Waals surface area contributed by atoms with E-state index in [1.54, 1.807) is 6.08 Å². The van der Waals surface area contributed by atoms with Gasteiger partial charge in [0, 0.05) is 19.0 Å². The highest BCUT2D eigenvalue weighted by Gasteiger charge is 1.99. The summed E-state index contributed by atoms with van der Waals surface area (Å²) in [5, 5.41) is 3.36. The first kappa shape index (κ1) is 13.3. The molecule has 1 aromatic rings. The zero-order chi connectivity index (χ0) is 12.5. The monoisotopic (exact) mass is 229 g/mol. The number of ether oxygens (including phenoxy) is 1. The summed E-state index contributed by atoms with van der Waals surface area (Å²) in [5.74, 6) is 3.51. The highest BCUT2D eigenvalue weighted by atomic mass is 16.5. The van der Waals surface area contributed by atoms with Crippen molar-refractivity contribution in [1.82, 2.24) is 5.32 Å². The van der Waals surface area contributed by atoms with Crippen LogP contribution in [0.25, 0.3) is 0 Å². The van der Waals surface area contributed by atoms with Crippen LogP contribution in [0, 0.1) is 12.3 Å². The van der Waals surface area contributed by atoms with Gasteiger partial charge in [-0.25, -0.2) is 0 Å². The Labute approximate surface area is 104 Å². The van der Waals surface area contributed by atoms with E-state index in [0.29, 0.717) is 12.6 Å². The van der Waals surface area contributed by atoms with Crippen LogP contribution in [0.1, 0.15) is 18.9 Å². The Kier molecular flexibility index (Phi) is 5.92. The van der Waals surface area contributed by atoms with Crippen molar-refractivity contribution in [1.29, 1.82) is 0 Å². The summed E-state index contributed by atoms with van der Waals surface area (Å²) < 4.78 is 5.41. The second kappa shape index (κ2) is 7.54.